The number of halogens is 1. The molecule has 20 heavy (non-hydrogen) atoms. The second-order valence-corrected chi connectivity index (χ2v) is 6.70. The van der Waals surface area contributed by atoms with Gasteiger partial charge in [-0.15, -0.1) is 11.3 Å². The van der Waals surface area contributed by atoms with E-state index in [0.29, 0.717) is 0 Å². The third-order valence-electron chi connectivity index (χ3n) is 3.48. The Hall–Kier alpha value is -1.33. The van der Waals surface area contributed by atoms with E-state index < -0.39 is 0 Å². The van der Waals surface area contributed by atoms with E-state index >= 15 is 0 Å². The Balaban J connectivity index is 1.71. The average Bonchev–Trinajstić information content (AvgIpc) is 3.11. The predicted octanol–water partition coefficient (Wildman–Crippen LogP) is 4.88. The first-order valence-electron chi connectivity index (χ1n) is 6.60. The summed E-state index contributed by atoms with van der Waals surface area (Å²) in [6.07, 6.45) is 2.12. The Kier molecular flexibility index (Phi) is 4.08. The van der Waals surface area contributed by atoms with Gasteiger partial charge in [0, 0.05) is 21.6 Å². The SMILES string of the molecule is O=C(Nc1ccc(Br)cc1)N1CCC[C@@H]1c1cccs1. The number of carbonyl (C=O) groups is 1. The van der Waals surface area contributed by atoms with Crippen LogP contribution in [0.2, 0.25) is 0 Å². The van der Waals surface area contributed by atoms with Crippen molar-refractivity contribution in [3.8, 4) is 0 Å². The minimum absolute atomic E-state index is 0.0109. The van der Waals surface area contributed by atoms with Crippen molar-refractivity contribution in [3.63, 3.8) is 0 Å². The van der Waals surface area contributed by atoms with E-state index in [9.17, 15) is 4.79 Å². The highest BCUT2D eigenvalue weighted by atomic mass is 79.9. The molecule has 5 heteroatoms. The number of urea groups is 1. The van der Waals surface area contributed by atoms with E-state index in [1.165, 1.54) is 4.88 Å². The zero-order valence-corrected chi connectivity index (χ0v) is 13.3. The summed E-state index contributed by atoms with van der Waals surface area (Å²) in [5.74, 6) is 0. The monoisotopic (exact) mass is 350 g/mol. The summed E-state index contributed by atoms with van der Waals surface area (Å²) in [4.78, 5) is 15.6. The zero-order valence-electron chi connectivity index (χ0n) is 10.9. The van der Waals surface area contributed by atoms with Gasteiger partial charge in [0.1, 0.15) is 0 Å². The fourth-order valence-corrected chi connectivity index (χ4v) is 3.65. The van der Waals surface area contributed by atoms with Gasteiger partial charge in [-0.3, -0.25) is 0 Å². The Morgan fingerprint density at radius 3 is 2.80 bits per heavy atom. The van der Waals surface area contributed by atoms with Gasteiger partial charge in [-0.25, -0.2) is 4.79 Å². The van der Waals surface area contributed by atoms with Gasteiger partial charge >= 0.3 is 6.03 Å². The van der Waals surface area contributed by atoms with E-state index in [1.807, 2.05) is 35.2 Å². The maximum Gasteiger partial charge on any atom is 0.322 e. The molecule has 1 N–H and O–H groups in total. The smallest absolute Gasteiger partial charge is 0.317 e. The van der Waals surface area contributed by atoms with Crippen LogP contribution in [-0.2, 0) is 0 Å². The topological polar surface area (TPSA) is 32.3 Å². The van der Waals surface area contributed by atoms with Crippen molar-refractivity contribution in [1.29, 1.82) is 0 Å². The number of anilines is 1. The minimum atomic E-state index is -0.0109. The Morgan fingerprint density at radius 2 is 2.10 bits per heavy atom. The van der Waals surface area contributed by atoms with Crippen molar-refractivity contribution in [2.75, 3.05) is 11.9 Å². The lowest BCUT2D eigenvalue weighted by molar-refractivity contribution is 0.208. The van der Waals surface area contributed by atoms with Gasteiger partial charge in [0.15, 0.2) is 0 Å². The second kappa shape index (κ2) is 5.97. The molecule has 0 unspecified atom stereocenters. The van der Waals surface area contributed by atoms with Crippen molar-refractivity contribution < 1.29 is 4.79 Å². The molecule has 2 heterocycles. The highest BCUT2D eigenvalue weighted by Crippen LogP contribution is 2.34. The van der Waals surface area contributed by atoms with Gasteiger partial charge in [0.25, 0.3) is 0 Å². The number of nitrogens with one attached hydrogen (secondary N) is 1. The molecule has 0 spiro atoms. The minimum Gasteiger partial charge on any atom is -0.317 e. The Morgan fingerprint density at radius 1 is 1.30 bits per heavy atom. The molecule has 0 aliphatic carbocycles. The number of hydrogen-bond donors (Lipinski definition) is 1. The zero-order chi connectivity index (χ0) is 13.9. The number of nitrogens with zero attached hydrogens (tertiary/aromatic N) is 1. The molecule has 2 amide bonds. The van der Waals surface area contributed by atoms with Crippen molar-refractivity contribution in [2.24, 2.45) is 0 Å². The van der Waals surface area contributed by atoms with Crippen molar-refractivity contribution >= 4 is 39.0 Å². The summed E-state index contributed by atoms with van der Waals surface area (Å²) in [5, 5.41) is 5.04. The molecule has 3 rings (SSSR count). The molecule has 1 aliphatic heterocycles. The van der Waals surface area contributed by atoms with Gasteiger partial charge in [0.2, 0.25) is 0 Å². The van der Waals surface area contributed by atoms with Crippen LogP contribution in [0.4, 0.5) is 10.5 Å². The summed E-state index contributed by atoms with van der Waals surface area (Å²) in [5.41, 5.74) is 0.829. The highest BCUT2D eigenvalue weighted by Gasteiger charge is 2.30. The Bertz CT molecular complexity index is 582. The molecule has 3 nitrogen and oxygen atoms in total. The number of rotatable bonds is 2. The van der Waals surface area contributed by atoms with Crippen LogP contribution in [0.25, 0.3) is 0 Å². The summed E-state index contributed by atoms with van der Waals surface area (Å²) in [6.45, 7) is 0.824. The van der Waals surface area contributed by atoms with E-state index in [-0.39, 0.29) is 12.1 Å². The molecule has 1 aromatic carbocycles. The maximum absolute atomic E-state index is 12.4. The van der Waals surface area contributed by atoms with Crippen LogP contribution in [0.1, 0.15) is 23.8 Å². The normalized spacial score (nSPS) is 18.2. The quantitative estimate of drug-likeness (QED) is 0.822. The van der Waals surface area contributed by atoms with Crippen LogP contribution in [0.15, 0.2) is 46.3 Å². The van der Waals surface area contributed by atoms with Crippen LogP contribution in [-0.4, -0.2) is 17.5 Å². The van der Waals surface area contributed by atoms with Gasteiger partial charge in [0.05, 0.1) is 6.04 Å². The molecule has 1 aliphatic rings. The van der Waals surface area contributed by atoms with Crippen LogP contribution in [0, 0.1) is 0 Å². The largest absolute Gasteiger partial charge is 0.322 e. The number of thiophene rings is 1. The van der Waals surface area contributed by atoms with Gasteiger partial charge in [-0.2, -0.15) is 0 Å². The molecule has 2 aromatic rings. The van der Waals surface area contributed by atoms with Gasteiger partial charge in [-0.05, 0) is 48.6 Å². The standard InChI is InChI=1S/C15H15BrN2OS/c16-11-5-7-12(8-6-11)17-15(19)18-9-1-3-13(18)14-4-2-10-20-14/h2,4-8,10,13H,1,3,9H2,(H,17,19)/t13-/m1/s1. The van der Waals surface area contributed by atoms with Gasteiger partial charge in [-0.1, -0.05) is 22.0 Å². The van der Waals surface area contributed by atoms with Crippen LogP contribution >= 0.6 is 27.3 Å². The predicted molar refractivity (Wildman–Crippen MR) is 86.2 cm³/mol. The molecule has 1 saturated heterocycles. The van der Waals surface area contributed by atoms with Gasteiger partial charge < -0.3 is 10.2 Å². The summed E-state index contributed by atoms with van der Waals surface area (Å²) in [6, 6.07) is 12.0. The first kappa shape index (κ1) is 13.6. The lowest BCUT2D eigenvalue weighted by Gasteiger charge is -2.24. The maximum atomic E-state index is 12.4. The number of carbonyl (C=O) groups excluding carboxylic acids is 1. The summed E-state index contributed by atoms with van der Waals surface area (Å²) in [7, 11) is 0. The number of hydrogen-bond acceptors (Lipinski definition) is 2. The van der Waals surface area contributed by atoms with Crippen molar-refractivity contribution in [1.82, 2.24) is 4.90 Å². The summed E-state index contributed by atoms with van der Waals surface area (Å²) >= 11 is 5.11. The van der Waals surface area contributed by atoms with Crippen LogP contribution in [0.5, 0.6) is 0 Å². The van der Waals surface area contributed by atoms with E-state index in [2.05, 4.69) is 32.7 Å². The lowest BCUT2D eigenvalue weighted by atomic mass is 10.2. The lowest BCUT2D eigenvalue weighted by Crippen LogP contribution is -2.34. The molecule has 1 aromatic heterocycles. The van der Waals surface area contributed by atoms with Crippen molar-refractivity contribution in [3.05, 3.63) is 51.1 Å². The third-order valence-corrected chi connectivity index (χ3v) is 4.98. The molecule has 104 valence electrons. The van der Waals surface area contributed by atoms with E-state index in [1.54, 1.807) is 11.3 Å². The first-order chi connectivity index (χ1) is 9.74. The molecule has 1 atom stereocenters. The molecule has 0 bridgehead atoms. The Labute approximate surface area is 130 Å². The first-order valence-corrected chi connectivity index (χ1v) is 8.28. The molecular formula is C15H15BrN2OS. The molecule has 1 fully saturated rings. The number of benzene rings is 1. The fraction of sp³-hybridized carbons (Fsp3) is 0.267. The molecule has 0 radical (unpaired) electrons. The molecular weight excluding hydrogens is 336 g/mol. The fourth-order valence-electron chi connectivity index (χ4n) is 2.51. The number of likely N-dealkylation sites (tertiary alicyclic amines) is 1. The average molecular weight is 351 g/mol. The van der Waals surface area contributed by atoms with Crippen LogP contribution in [0.3, 0.4) is 0 Å². The van der Waals surface area contributed by atoms with E-state index in [0.717, 1.165) is 29.5 Å². The third kappa shape index (κ3) is 2.88. The summed E-state index contributed by atoms with van der Waals surface area (Å²) < 4.78 is 1.01. The molecule has 0 saturated carbocycles. The second-order valence-electron chi connectivity index (χ2n) is 4.80. The van der Waals surface area contributed by atoms with E-state index in [4.69, 9.17) is 0 Å². The van der Waals surface area contributed by atoms with Crippen LogP contribution < -0.4 is 5.32 Å². The number of amides is 2. The highest BCUT2D eigenvalue weighted by molar-refractivity contribution is 9.10. The van der Waals surface area contributed by atoms with Crippen molar-refractivity contribution in [2.45, 2.75) is 18.9 Å².